The number of hydrogen-bond donors (Lipinski definition) is 2. The highest BCUT2D eigenvalue weighted by Crippen LogP contribution is 2.33. The molecule has 0 spiro atoms. The van der Waals surface area contributed by atoms with E-state index in [1.807, 2.05) is 0 Å². The molecule has 0 radical (unpaired) electrons. The van der Waals surface area contributed by atoms with E-state index in [1.165, 1.54) is 35.0 Å². The lowest BCUT2D eigenvalue weighted by atomic mass is 10.0. The summed E-state index contributed by atoms with van der Waals surface area (Å²) in [5.41, 5.74) is 1.74. The summed E-state index contributed by atoms with van der Waals surface area (Å²) in [6, 6.07) is 12.7. The molecule has 5 aromatic rings. The molecule has 32 heavy (non-hydrogen) atoms. The molecule has 6 nitrogen and oxygen atoms in total. The third-order valence-electron chi connectivity index (χ3n) is 4.89. The van der Waals surface area contributed by atoms with Crippen LogP contribution in [0.2, 0.25) is 0 Å². The van der Waals surface area contributed by atoms with Gasteiger partial charge in [0.1, 0.15) is 17.2 Å². The van der Waals surface area contributed by atoms with Crippen molar-refractivity contribution in [1.82, 2.24) is 19.4 Å². The Labute approximate surface area is 177 Å². The number of nitrogens with zero attached hydrogens (tertiary/aromatic N) is 3. The van der Waals surface area contributed by atoms with Gasteiger partial charge in [0.05, 0.1) is 16.6 Å². The fourth-order valence-corrected chi connectivity index (χ4v) is 3.37. The van der Waals surface area contributed by atoms with E-state index in [0.29, 0.717) is 27.8 Å². The summed E-state index contributed by atoms with van der Waals surface area (Å²) in [6.07, 6.45) is -1.84. The third kappa shape index (κ3) is 3.66. The van der Waals surface area contributed by atoms with Gasteiger partial charge in [0.25, 0.3) is 5.91 Å². The molecule has 160 valence electrons. The topological polar surface area (TPSA) is 75.1 Å². The number of aromatic nitrogens is 4. The first-order valence-electron chi connectivity index (χ1n) is 9.39. The minimum atomic E-state index is -4.44. The number of carbonyl (C=O) groups is 1. The average molecular weight is 439 g/mol. The molecule has 0 aliphatic rings. The molecular formula is C22H13F4N5O. The number of anilines is 1. The van der Waals surface area contributed by atoms with Crippen molar-refractivity contribution in [2.24, 2.45) is 0 Å². The first-order valence-corrected chi connectivity index (χ1v) is 9.39. The minimum absolute atomic E-state index is 0.0701. The molecule has 10 heteroatoms. The van der Waals surface area contributed by atoms with Crippen molar-refractivity contribution in [1.29, 1.82) is 0 Å². The molecule has 0 atom stereocenters. The molecule has 2 aromatic carbocycles. The Bertz CT molecular complexity index is 1490. The van der Waals surface area contributed by atoms with Crippen LogP contribution >= 0.6 is 0 Å². The molecular weight excluding hydrogens is 426 g/mol. The largest absolute Gasteiger partial charge is 0.416 e. The van der Waals surface area contributed by atoms with Gasteiger partial charge in [-0.3, -0.25) is 10.1 Å². The van der Waals surface area contributed by atoms with Gasteiger partial charge < -0.3 is 9.38 Å². The summed E-state index contributed by atoms with van der Waals surface area (Å²) in [4.78, 5) is 23.9. The Morgan fingerprint density at radius 2 is 1.78 bits per heavy atom. The molecule has 0 aliphatic carbocycles. The second-order valence-corrected chi connectivity index (χ2v) is 7.09. The van der Waals surface area contributed by atoms with E-state index in [4.69, 9.17) is 0 Å². The lowest BCUT2D eigenvalue weighted by Gasteiger charge is -2.08. The molecule has 0 saturated carbocycles. The van der Waals surface area contributed by atoms with Gasteiger partial charge in [0, 0.05) is 12.4 Å². The van der Waals surface area contributed by atoms with Crippen LogP contribution in [-0.2, 0) is 6.18 Å². The van der Waals surface area contributed by atoms with Gasteiger partial charge >= 0.3 is 6.18 Å². The number of nitrogens with one attached hydrogen (secondary N) is 2. The van der Waals surface area contributed by atoms with Crippen molar-refractivity contribution in [3.05, 3.63) is 84.1 Å². The van der Waals surface area contributed by atoms with Crippen molar-refractivity contribution < 1.29 is 22.4 Å². The van der Waals surface area contributed by atoms with Crippen molar-refractivity contribution >= 4 is 28.5 Å². The summed E-state index contributed by atoms with van der Waals surface area (Å²) >= 11 is 0. The van der Waals surface area contributed by atoms with Gasteiger partial charge in [-0.2, -0.15) is 13.2 Å². The van der Waals surface area contributed by atoms with E-state index < -0.39 is 23.5 Å². The SMILES string of the molecule is O=C(Nc1nc2cc(-c3cccc(C(F)(F)F)c3)ccc2[nH]1)c1cn2cc(F)ccc2n1. The Balaban J connectivity index is 1.42. The third-order valence-corrected chi connectivity index (χ3v) is 4.89. The summed E-state index contributed by atoms with van der Waals surface area (Å²) in [6.45, 7) is 0. The molecule has 1 amide bonds. The summed E-state index contributed by atoms with van der Waals surface area (Å²) in [7, 11) is 0. The normalized spacial score (nSPS) is 11.9. The zero-order chi connectivity index (χ0) is 22.5. The Morgan fingerprint density at radius 1 is 0.969 bits per heavy atom. The highest BCUT2D eigenvalue weighted by molar-refractivity contribution is 6.03. The van der Waals surface area contributed by atoms with Gasteiger partial charge in [-0.25, -0.2) is 14.4 Å². The van der Waals surface area contributed by atoms with Crippen LogP contribution in [0.4, 0.5) is 23.5 Å². The van der Waals surface area contributed by atoms with Gasteiger partial charge in [-0.05, 0) is 47.5 Å². The maximum absolute atomic E-state index is 13.3. The number of pyridine rings is 1. The zero-order valence-electron chi connectivity index (χ0n) is 16.1. The van der Waals surface area contributed by atoms with Gasteiger partial charge in [-0.1, -0.05) is 18.2 Å². The van der Waals surface area contributed by atoms with Crippen LogP contribution in [0.25, 0.3) is 27.8 Å². The molecule has 0 unspecified atom stereocenters. The first-order chi connectivity index (χ1) is 15.3. The van der Waals surface area contributed by atoms with Crippen LogP contribution in [0.1, 0.15) is 16.1 Å². The molecule has 0 bridgehead atoms. The van der Waals surface area contributed by atoms with Crippen LogP contribution < -0.4 is 5.32 Å². The van der Waals surface area contributed by atoms with E-state index in [9.17, 15) is 22.4 Å². The number of halogens is 4. The average Bonchev–Trinajstić information content (AvgIpc) is 3.35. The number of aromatic amines is 1. The lowest BCUT2D eigenvalue weighted by molar-refractivity contribution is -0.137. The highest BCUT2D eigenvalue weighted by atomic mass is 19.4. The minimum Gasteiger partial charge on any atom is -0.324 e. The molecule has 3 heterocycles. The predicted octanol–water partition coefficient (Wildman–Crippen LogP) is 5.29. The van der Waals surface area contributed by atoms with Crippen molar-refractivity contribution in [3.8, 4) is 11.1 Å². The fraction of sp³-hybridized carbons (Fsp3) is 0.0455. The molecule has 2 N–H and O–H groups in total. The Hall–Kier alpha value is -4.21. The zero-order valence-corrected chi connectivity index (χ0v) is 16.1. The number of H-pyrrole nitrogens is 1. The predicted molar refractivity (Wildman–Crippen MR) is 110 cm³/mol. The number of fused-ring (bicyclic) bond motifs is 2. The molecule has 5 rings (SSSR count). The van der Waals surface area contributed by atoms with Gasteiger partial charge in [-0.15, -0.1) is 0 Å². The molecule has 0 aliphatic heterocycles. The number of alkyl halides is 3. The molecule has 0 fully saturated rings. The van der Waals surface area contributed by atoms with Gasteiger partial charge in [0.2, 0.25) is 5.95 Å². The van der Waals surface area contributed by atoms with E-state index in [-0.39, 0.29) is 11.6 Å². The van der Waals surface area contributed by atoms with E-state index in [0.717, 1.165) is 12.1 Å². The summed E-state index contributed by atoms with van der Waals surface area (Å²) < 4.78 is 53.7. The van der Waals surface area contributed by atoms with E-state index >= 15 is 0 Å². The van der Waals surface area contributed by atoms with Crippen LogP contribution in [0.15, 0.2) is 67.0 Å². The first kappa shape index (κ1) is 19.7. The monoisotopic (exact) mass is 439 g/mol. The van der Waals surface area contributed by atoms with Crippen LogP contribution in [0.3, 0.4) is 0 Å². The Kier molecular flexibility index (Phi) is 4.43. The quantitative estimate of drug-likeness (QED) is 0.375. The van der Waals surface area contributed by atoms with Crippen LogP contribution in [0.5, 0.6) is 0 Å². The highest BCUT2D eigenvalue weighted by Gasteiger charge is 2.30. The Morgan fingerprint density at radius 3 is 2.59 bits per heavy atom. The fourth-order valence-electron chi connectivity index (χ4n) is 3.37. The number of imidazole rings is 2. The molecule has 3 aromatic heterocycles. The number of hydrogen-bond acceptors (Lipinski definition) is 3. The van der Waals surface area contributed by atoms with Gasteiger partial charge in [0.15, 0.2) is 0 Å². The number of benzene rings is 2. The second kappa shape index (κ2) is 7.19. The molecule has 0 saturated heterocycles. The van der Waals surface area contributed by atoms with Crippen LogP contribution in [0, 0.1) is 5.82 Å². The lowest BCUT2D eigenvalue weighted by Crippen LogP contribution is -2.13. The van der Waals surface area contributed by atoms with Crippen molar-refractivity contribution in [3.63, 3.8) is 0 Å². The van der Waals surface area contributed by atoms with Crippen molar-refractivity contribution in [2.75, 3.05) is 5.32 Å². The van der Waals surface area contributed by atoms with Crippen LogP contribution in [-0.4, -0.2) is 25.3 Å². The smallest absolute Gasteiger partial charge is 0.324 e. The summed E-state index contributed by atoms with van der Waals surface area (Å²) in [5, 5.41) is 2.59. The maximum Gasteiger partial charge on any atom is 0.416 e. The summed E-state index contributed by atoms with van der Waals surface area (Å²) in [5.74, 6) is -0.864. The van der Waals surface area contributed by atoms with Crippen molar-refractivity contribution in [2.45, 2.75) is 6.18 Å². The number of carbonyl (C=O) groups excluding carboxylic acids is 1. The number of rotatable bonds is 3. The number of amides is 1. The second-order valence-electron chi connectivity index (χ2n) is 7.09. The maximum atomic E-state index is 13.3. The standard InChI is InChI=1S/C22H13F4N5O/c23-15-5-7-19-27-18(11-31(19)10-15)20(32)30-21-28-16-6-4-13(9-17(16)29-21)12-2-1-3-14(8-12)22(24,25)26/h1-11H,(H2,28,29,30,32). The van der Waals surface area contributed by atoms with E-state index in [2.05, 4.69) is 20.3 Å². The van der Waals surface area contributed by atoms with E-state index in [1.54, 1.807) is 24.3 Å².